The van der Waals surface area contributed by atoms with Gasteiger partial charge >= 0.3 is 0 Å². The van der Waals surface area contributed by atoms with Gasteiger partial charge in [-0.25, -0.2) is 13.1 Å². The highest BCUT2D eigenvalue weighted by molar-refractivity contribution is 7.89. The minimum absolute atomic E-state index is 0.292. The van der Waals surface area contributed by atoms with Crippen molar-refractivity contribution in [3.05, 3.63) is 29.8 Å². The van der Waals surface area contributed by atoms with Crippen molar-refractivity contribution in [1.29, 1.82) is 0 Å². The van der Waals surface area contributed by atoms with Gasteiger partial charge in [0, 0.05) is 12.1 Å². The summed E-state index contributed by atoms with van der Waals surface area (Å²) in [4.78, 5) is 0.356. The summed E-state index contributed by atoms with van der Waals surface area (Å²) in [6.07, 6.45) is 5.24. The third kappa shape index (κ3) is 4.53. The molecule has 0 radical (unpaired) electrons. The van der Waals surface area contributed by atoms with Crippen molar-refractivity contribution in [2.24, 2.45) is 0 Å². The van der Waals surface area contributed by atoms with Crippen molar-refractivity contribution < 1.29 is 8.42 Å². The molecule has 0 amide bonds. The Morgan fingerprint density at radius 1 is 1.10 bits per heavy atom. The predicted octanol–water partition coefficient (Wildman–Crippen LogP) is 2.80. The van der Waals surface area contributed by atoms with E-state index in [-0.39, 0.29) is 5.54 Å². The molecule has 0 aliphatic heterocycles. The van der Waals surface area contributed by atoms with Crippen LogP contribution in [0.3, 0.4) is 0 Å². The molecule has 1 saturated carbocycles. The van der Waals surface area contributed by atoms with Crippen LogP contribution in [0.25, 0.3) is 0 Å². The van der Waals surface area contributed by atoms with Crippen LogP contribution in [0.15, 0.2) is 29.2 Å². The van der Waals surface area contributed by atoms with Crippen molar-refractivity contribution in [3.63, 3.8) is 0 Å². The first-order valence-corrected chi connectivity index (χ1v) is 9.27. The molecule has 2 N–H and O–H groups in total. The monoisotopic (exact) mass is 310 g/mol. The molecule has 118 valence electrons. The summed E-state index contributed by atoms with van der Waals surface area (Å²) in [6.45, 7) is 5.73. The van der Waals surface area contributed by atoms with Crippen LogP contribution in [-0.4, -0.2) is 20.5 Å². The molecule has 0 unspecified atom stereocenters. The summed E-state index contributed by atoms with van der Waals surface area (Å²) in [5.74, 6) is 0. The number of nitrogens with one attached hydrogen (secondary N) is 2. The fourth-order valence-corrected chi connectivity index (χ4v) is 4.34. The molecule has 0 saturated heterocycles. The number of rotatable bonds is 6. The zero-order valence-electron chi connectivity index (χ0n) is 13.0. The van der Waals surface area contributed by atoms with Gasteiger partial charge in [-0.15, -0.1) is 0 Å². The van der Waals surface area contributed by atoms with Crippen molar-refractivity contribution in [2.45, 2.75) is 62.9 Å². The number of hydrogen-bond acceptors (Lipinski definition) is 3. The normalized spacial score (nSPS) is 18.6. The summed E-state index contributed by atoms with van der Waals surface area (Å²) in [7, 11) is -3.43. The van der Waals surface area contributed by atoms with E-state index < -0.39 is 10.0 Å². The Labute approximate surface area is 128 Å². The smallest absolute Gasteiger partial charge is 0.241 e. The van der Waals surface area contributed by atoms with Crippen LogP contribution in [-0.2, 0) is 16.6 Å². The molecule has 0 atom stereocenters. The van der Waals surface area contributed by atoms with Crippen LogP contribution < -0.4 is 10.0 Å². The zero-order valence-corrected chi connectivity index (χ0v) is 13.8. The molecule has 4 nitrogen and oxygen atoms in total. The maximum Gasteiger partial charge on any atom is 0.241 e. The van der Waals surface area contributed by atoms with E-state index in [1.807, 2.05) is 26.0 Å². The second kappa shape index (κ2) is 6.90. The lowest BCUT2D eigenvalue weighted by Gasteiger charge is -2.34. The lowest BCUT2D eigenvalue weighted by Crippen LogP contribution is -2.47. The van der Waals surface area contributed by atoms with E-state index in [2.05, 4.69) is 10.0 Å². The average molecular weight is 310 g/mol. The minimum Gasteiger partial charge on any atom is -0.313 e. The molecule has 1 aromatic carbocycles. The molecule has 21 heavy (non-hydrogen) atoms. The highest BCUT2D eigenvalue weighted by Gasteiger charge is 2.31. The summed E-state index contributed by atoms with van der Waals surface area (Å²) in [5.41, 5.74) is 0.805. The minimum atomic E-state index is -3.43. The molecular weight excluding hydrogens is 284 g/mol. The van der Waals surface area contributed by atoms with Gasteiger partial charge in [0.05, 0.1) is 4.90 Å². The van der Waals surface area contributed by atoms with Crippen LogP contribution >= 0.6 is 0 Å². The molecule has 1 aromatic rings. The Kier molecular flexibility index (Phi) is 5.41. The molecule has 0 bridgehead atoms. The lowest BCUT2D eigenvalue weighted by atomic mass is 9.84. The Hall–Kier alpha value is -0.910. The van der Waals surface area contributed by atoms with Crippen molar-refractivity contribution >= 4 is 10.0 Å². The van der Waals surface area contributed by atoms with Crippen LogP contribution in [0.4, 0.5) is 0 Å². The summed E-state index contributed by atoms with van der Waals surface area (Å²) in [6, 6.07) is 7.14. The van der Waals surface area contributed by atoms with Crippen molar-refractivity contribution in [3.8, 4) is 0 Å². The predicted molar refractivity (Wildman–Crippen MR) is 85.6 cm³/mol. The van der Waals surface area contributed by atoms with Gasteiger partial charge in [-0.1, -0.05) is 38.3 Å². The van der Waals surface area contributed by atoms with Gasteiger partial charge in [-0.05, 0) is 44.0 Å². The van der Waals surface area contributed by atoms with E-state index in [0.29, 0.717) is 4.90 Å². The van der Waals surface area contributed by atoms with Gasteiger partial charge in [0.1, 0.15) is 0 Å². The SMILES string of the molecule is CCNCc1ccc(S(=O)(=O)NC2(C)CCCCC2)cc1. The van der Waals surface area contributed by atoms with Gasteiger partial charge in [0.25, 0.3) is 0 Å². The number of hydrogen-bond donors (Lipinski definition) is 2. The van der Waals surface area contributed by atoms with E-state index in [1.165, 1.54) is 6.42 Å². The largest absolute Gasteiger partial charge is 0.313 e. The van der Waals surface area contributed by atoms with Crippen LogP contribution in [0.2, 0.25) is 0 Å². The Morgan fingerprint density at radius 3 is 2.29 bits per heavy atom. The van der Waals surface area contributed by atoms with Gasteiger partial charge in [0.15, 0.2) is 0 Å². The second-order valence-corrected chi connectivity index (χ2v) is 7.83. The van der Waals surface area contributed by atoms with Crippen LogP contribution in [0.1, 0.15) is 51.5 Å². The zero-order chi connectivity index (χ0) is 15.3. The Morgan fingerprint density at radius 2 is 1.71 bits per heavy atom. The van der Waals surface area contributed by atoms with E-state index in [0.717, 1.165) is 44.3 Å². The second-order valence-electron chi connectivity index (χ2n) is 6.15. The molecule has 1 aliphatic rings. The molecule has 2 rings (SSSR count). The maximum absolute atomic E-state index is 12.5. The molecule has 0 spiro atoms. The molecule has 1 aliphatic carbocycles. The molecular formula is C16H26N2O2S. The number of benzene rings is 1. The van der Waals surface area contributed by atoms with E-state index in [9.17, 15) is 8.42 Å². The van der Waals surface area contributed by atoms with Gasteiger partial charge < -0.3 is 5.32 Å². The van der Waals surface area contributed by atoms with Crippen molar-refractivity contribution in [2.75, 3.05) is 6.54 Å². The summed E-state index contributed by atoms with van der Waals surface area (Å²) in [5, 5.41) is 3.23. The number of sulfonamides is 1. The highest BCUT2D eigenvalue weighted by Crippen LogP contribution is 2.29. The highest BCUT2D eigenvalue weighted by atomic mass is 32.2. The molecule has 0 heterocycles. The summed E-state index contributed by atoms with van der Waals surface area (Å²) < 4.78 is 27.9. The van der Waals surface area contributed by atoms with E-state index >= 15 is 0 Å². The fraction of sp³-hybridized carbons (Fsp3) is 0.625. The quantitative estimate of drug-likeness (QED) is 0.849. The van der Waals surface area contributed by atoms with Gasteiger partial charge in [-0.3, -0.25) is 0 Å². The van der Waals surface area contributed by atoms with Gasteiger partial charge in [0.2, 0.25) is 10.0 Å². The first-order valence-electron chi connectivity index (χ1n) is 7.79. The molecule has 1 fully saturated rings. The first-order chi connectivity index (χ1) is 9.95. The third-order valence-electron chi connectivity index (χ3n) is 4.15. The van der Waals surface area contributed by atoms with E-state index in [4.69, 9.17) is 0 Å². The topological polar surface area (TPSA) is 58.2 Å². The maximum atomic E-state index is 12.5. The standard InChI is InChI=1S/C16H26N2O2S/c1-3-17-13-14-7-9-15(10-8-14)21(19,20)18-16(2)11-5-4-6-12-16/h7-10,17-18H,3-6,11-13H2,1-2H3. The third-order valence-corrected chi connectivity index (χ3v) is 5.80. The average Bonchev–Trinajstić information content (AvgIpc) is 2.45. The Balaban J connectivity index is 2.08. The van der Waals surface area contributed by atoms with Gasteiger partial charge in [-0.2, -0.15) is 0 Å². The van der Waals surface area contributed by atoms with Crippen molar-refractivity contribution in [1.82, 2.24) is 10.0 Å². The summed E-state index contributed by atoms with van der Waals surface area (Å²) >= 11 is 0. The first kappa shape index (κ1) is 16.5. The Bertz CT molecular complexity index is 546. The van der Waals surface area contributed by atoms with E-state index in [1.54, 1.807) is 12.1 Å². The van der Waals surface area contributed by atoms with Crippen LogP contribution in [0.5, 0.6) is 0 Å². The lowest BCUT2D eigenvalue weighted by molar-refractivity contribution is 0.294. The van der Waals surface area contributed by atoms with Crippen LogP contribution in [0, 0.1) is 0 Å². The molecule has 5 heteroatoms. The fourth-order valence-electron chi connectivity index (χ4n) is 2.87. The molecule has 0 aromatic heterocycles.